The van der Waals surface area contributed by atoms with Crippen LogP contribution >= 0.6 is 0 Å². The van der Waals surface area contributed by atoms with Crippen LogP contribution in [0.4, 0.5) is 0 Å². The zero-order valence-corrected chi connectivity index (χ0v) is 7.23. The van der Waals surface area contributed by atoms with Crippen molar-refractivity contribution < 1.29 is 4.79 Å². The van der Waals surface area contributed by atoms with E-state index in [0.29, 0.717) is 6.54 Å². The van der Waals surface area contributed by atoms with Gasteiger partial charge in [0.1, 0.15) is 6.29 Å². The summed E-state index contributed by atoms with van der Waals surface area (Å²) in [6.45, 7) is 0.711. The molecule has 1 aromatic carbocycles. The van der Waals surface area contributed by atoms with Gasteiger partial charge in [-0.15, -0.1) is 0 Å². The molecule has 3 nitrogen and oxygen atoms in total. The van der Waals surface area contributed by atoms with Crippen molar-refractivity contribution in [3.05, 3.63) is 35.9 Å². The second-order valence-electron chi connectivity index (χ2n) is 3.21. The SMILES string of the molecule is O=CC1CNNC1c1ccccc1. The summed E-state index contributed by atoms with van der Waals surface area (Å²) in [7, 11) is 0. The van der Waals surface area contributed by atoms with Crippen LogP contribution in [0, 0.1) is 5.92 Å². The molecule has 0 saturated carbocycles. The number of aldehydes is 1. The van der Waals surface area contributed by atoms with E-state index in [2.05, 4.69) is 10.9 Å². The number of carbonyl (C=O) groups is 1. The molecule has 0 aromatic heterocycles. The highest BCUT2D eigenvalue weighted by Crippen LogP contribution is 2.22. The summed E-state index contributed by atoms with van der Waals surface area (Å²) < 4.78 is 0. The van der Waals surface area contributed by atoms with Gasteiger partial charge < -0.3 is 4.79 Å². The fraction of sp³-hybridized carbons (Fsp3) is 0.300. The zero-order valence-electron chi connectivity index (χ0n) is 7.23. The van der Waals surface area contributed by atoms with Gasteiger partial charge in [0, 0.05) is 12.5 Å². The molecule has 1 aliphatic heterocycles. The molecule has 3 heteroatoms. The van der Waals surface area contributed by atoms with Gasteiger partial charge in [0.25, 0.3) is 0 Å². The van der Waals surface area contributed by atoms with Crippen molar-refractivity contribution in [2.45, 2.75) is 6.04 Å². The Hall–Kier alpha value is -1.19. The van der Waals surface area contributed by atoms with E-state index < -0.39 is 0 Å². The largest absolute Gasteiger partial charge is 0.303 e. The van der Waals surface area contributed by atoms with Gasteiger partial charge in [0.05, 0.1) is 6.04 Å². The molecule has 0 aliphatic carbocycles. The van der Waals surface area contributed by atoms with Gasteiger partial charge in [-0.1, -0.05) is 30.3 Å². The Balaban J connectivity index is 2.21. The highest BCUT2D eigenvalue weighted by Gasteiger charge is 2.27. The summed E-state index contributed by atoms with van der Waals surface area (Å²) in [4.78, 5) is 10.7. The van der Waals surface area contributed by atoms with Crippen molar-refractivity contribution in [2.75, 3.05) is 6.54 Å². The molecule has 2 rings (SSSR count). The number of benzene rings is 1. The second kappa shape index (κ2) is 3.68. The number of hydrazine groups is 1. The topological polar surface area (TPSA) is 41.1 Å². The molecule has 1 aliphatic rings. The molecular weight excluding hydrogens is 164 g/mol. The lowest BCUT2D eigenvalue weighted by atomic mass is 9.96. The Morgan fingerprint density at radius 3 is 2.77 bits per heavy atom. The molecule has 1 aromatic rings. The van der Waals surface area contributed by atoms with E-state index in [1.807, 2.05) is 30.3 Å². The van der Waals surface area contributed by atoms with Crippen LogP contribution in [0.15, 0.2) is 30.3 Å². The molecule has 0 amide bonds. The van der Waals surface area contributed by atoms with E-state index in [4.69, 9.17) is 0 Å². The monoisotopic (exact) mass is 176 g/mol. The average Bonchev–Trinajstić information content (AvgIpc) is 2.67. The summed E-state index contributed by atoms with van der Waals surface area (Å²) in [6, 6.07) is 10.1. The van der Waals surface area contributed by atoms with E-state index in [1.54, 1.807) is 0 Å². The molecule has 1 heterocycles. The van der Waals surface area contributed by atoms with Gasteiger partial charge in [-0.2, -0.15) is 0 Å². The van der Waals surface area contributed by atoms with E-state index in [9.17, 15) is 4.79 Å². The normalized spacial score (nSPS) is 27.4. The summed E-state index contributed by atoms with van der Waals surface area (Å²) >= 11 is 0. The Morgan fingerprint density at radius 1 is 1.31 bits per heavy atom. The minimum atomic E-state index is 0.0439. The lowest BCUT2D eigenvalue weighted by molar-refractivity contribution is -0.111. The van der Waals surface area contributed by atoms with Crippen LogP contribution in [0.2, 0.25) is 0 Å². The van der Waals surface area contributed by atoms with Gasteiger partial charge in [-0.25, -0.2) is 5.43 Å². The second-order valence-corrected chi connectivity index (χ2v) is 3.21. The van der Waals surface area contributed by atoms with Gasteiger partial charge in [0.2, 0.25) is 0 Å². The molecule has 0 spiro atoms. The Labute approximate surface area is 77.1 Å². The number of carbonyl (C=O) groups excluding carboxylic acids is 1. The highest BCUT2D eigenvalue weighted by atomic mass is 16.1. The molecule has 2 N–H and O–H groups in total. The third-order valence-corrected chi connectivity index (χ3v) is 2.36. The summed E-state index contributed by atoms with van der Waals surface area (Å²) in [5, 5.41) is 0. The summed E-state index contributed by atoms with van der Waals surface area (Å²) in [5.41, 5.74) is 7.24. The van der Waals surface area contributed by atoms with Gasteiger partial charge in [0.15, 0.2) is 0 Å². The summed E-state index contributed by atoms with van der Waals surface area (Å²) in [6.07, 6.45) is 1.00. The van der Waals surface area contributed by atoms with Gasteiger partial charge in [-0.3, -0.25) is 5.43 Å². The van der Waals surface area contributed by atoms with Gasteiger partial charge in [-0.05, 0) is 5.56 Å². The first kappa shape index (κ1) is 8.41. The highest BCUT2D eigenvalue weighted by molar-refractivity contribution is 5.56. The molecule has 0 bridgehead atoms. The maximum Gasteiger partial charge on any atom is 0.126 e. The maximum absolute atomic E-state index is 10.7. The smallest absolute Gasteiger partial charge is 0.126 e. The Morgan fingerprint density at radius 2 is 2.08 bits per heavy atom. The fourth-order valence-corrected chi connectivity index (χ4v) is 1.63. The predicted octanol–water partition coefficient (Wildman–Crippen LogP) is 0.651. The molecule has 68 valence electrons. The first-order chi connectivity index (χ1) is 6.42. The van der Waals surface area contributed by atoms with E-state index >= 15 is 0 Å². The fourth-order valence-electron chi connectivity index (χ4n) is 1.63. The standard InChI is InChI=1S/C10H12N2O/c13-7-9-6-11-12-10(9)8-4-2-1-3-5-8/h1-5,7,9-12H,6H2. The van der Waals surface area contributed by atoms with Gasteiger partial charge >= 0.3 is 0 Å². The van der Waals surface area contributed by atoms with Crippen LogP contribution in [0.3, 0.4) is 0 Å². The van der Waals surface area contributed by atoms with Crippen molar-refractivity contribution in [2.24, 2.45) is 5.92 Å². The molecule has 0 radical (unpaired) electrons. The van der Waals surface area contributed by atoms with E-state index in [-0.39, 0.29) is 12.0 Å². The predicted molar refractivity (Wildman–Crippen MR) is 49.9 cm³/mol. The Kier molecular flexibility index (Phi) is 2.38. The number of rotatable bonds is 2. The average molecular weight is 176 g/mol. The van der Waals surface area contributed by atoms with E-state index in [0.717, 1.165) is 11.8 Å². The molecule has 2 unspecified atom stereocenters. The minimum Gasteiger partial charge on any atom is -0.303 e. The molecule has 1 fully saturated rings. The lowest BCUT2D eigenvalue weighted by Gasteiger charge is -2.13. The maximum atomic E-state index is 10.7. The summed E-state index contributed by atoms with van der Waals surface area (Å²) in [5.74, 6) is 0.0439. The molecular formula is C10H12N2O. The Bertz CT molecular complexity index is 286. The van der Waals surface area contributed by atoms with Crippen LogP contribution in [0.25, 0.3) is 0 Å². The van der Waals surface area contributed by atoms with Crippen LogP contribution in [-0.2, 0) is 4.79 Å². The quantitative estimate of drug-likeness (QED) is 0.650. The van der Waals surface area contributed by atoms with Crippen LogP contribution < -0.4 is 10.9 Å². The van der Waals surface area contributed by atoms with Crippen LogP contribution in [-0.4, -0.2) is 12.8 Å². The van der Waals surface area contributed by atoms with Crippen molar-refractivity contribution in [1.29, 1.82) is 0 Å². The van der Waals surface area contributed by atoms with Crippen LogP contribution in [0.1, 0.15) is 11.6 Å². The lowest BCUT2D eigenvalue weighted by Crippen LogP contribution is -2.25. The molecule has 1 saturated heterocycles. The minimum absolute atomic E-state index is 0.0439. The number of hydrogen-bond acceptors (Lipinski definition) is 3. The molecule has 13 heavy (non-hydrogen) atoms. The van der Waals surface area contributed by atoms with Crippen molar-refractivity contribution in [3.63, 3.8) is 0 Å². The van der Waals surface area contributed by atoms with Crippen LogP contribution in [0.5, 0.6) is 0 Å². The van der Waals surface area contributed by atoms with E-state index in [1.165, 1.54) is 0 Å². The first-order valence-electron chi connectivity index (χ1n) is 4.40. The van der Waals surface area contributed by atoms with Crippen molar-refractivity contribution in [1.82, 2.24) is 10.9 Å². The number of nitrogens with one attached hydrogen (secondary N) is 2. The number of hydrogen-bond donors (Lipinski definition) is 2. The third kappa shape index (κ3) is 1.61. The van der Waals surface area contributed by atoms with Crippen molar-refractivity contribution in [3.8, 4) is 0 Å². The molecule has 2 atom stereocenters. The van der Waals surface area contributed by atoms with Crippen molar-refractivity contribution >= 4 is 6.29 Å². The first-order valence-corrected chi connectivity index (χ1v) is 4.40. The third-order valence-electron chi connectivity index (χ3n) is 2.36. The zero-order chi connectivity index (χ0) is 9.10.